The van der Waals surface area contributed by atoms with E-state index in [4.69, 9.17) is 0 Å². The minimum absolute atomic E-state index is 0.360. The summed E-state index contributed by atoms with van der Waals surface area (Å²) in [6.07, 6.45) is 10.1. The Balaban J connectivity index is 1.47. The highest BCUT2D eigenvalue weighted by atomic mass is 16.2. The van der Waals surface area contributed by atoms with Crippen LogP contribution in [0.4, 0.5) is 5.69 Å². The molecule has 2 aliphatic heterocycles. The lowest BCUT2D eigenvalue weighted by Gasteiger charge is -2.45. The highest BCUT2D eigenvalue weighted by Crippen LogP contribution is 2.35. The van der Waals surface area contributed by atoms with Gasteiger partial charge < -0.3 is 9.80 Å². The van der Waals surface area contributed by atoms with Gasteiger partial charge in [-0.15, -0.1) is 0 Å². The van der Waals surface area contributed by atoms with Crippen LogP contribution < -0.4 is 4.90 Å². The molecule has 0 bridgehead atoms. The van der Waals surface area contributed by atoms with Gasteiger partial charge in [-0.05, 0) is 56.1 Å². The molecule has 2 unspecified atom stereocenters. The van der Waals surface area contributed by atoms with Gasteiger partial charge in [0.25, 0.3) is 0 Å². The predicted octanol–water partition coefficient (Wildman–Crippen LogP) is 3.62. The van der Waals surface area contributed by atoms with Gasteiger partial charge in [-0.2, -0.15) is 0 Å². The number of likely N-dealkylation sites (tertiary alicyclic amines) is 1. The van der Waals surface area contributed by atoms with Crippen LogP contribution in [-0.2, 0) is 11.2 Å². The number of nitrogens with zero attached hydrogens (tertiary/aromatic N) is 2. The SMILES string of the molecule is O=C(CN1CCCc2ccccc21)N1CCCC2CCCCC21. The van der Waals surface area contributed by atoms with Crippen LogP contribution in [0.5, 0.6) is 0 Å². The van der Waals surface area contributed by atoms with Gasteiger partial charge in [-0.1, -0.05) is 31.0 Å². The Bertz CT molecular complexity index is 569. The maximum Gasteiger partial charge on any atom is 0.242 e. The van der Waals surface area contributed by atoms with E-state index in [9.17, 15) is 4.79 Å². The van der Waals surface area contributed by atoms with E-state index in [1.54, 1.807) is 0 Å². The van der Waals surface area contributed by atoms with E-state index in [1.165, 1.54) is 49.8 Å². The van der Waals surface area contributed by atoms with Crippen molar-refractivity contribution in [1.29, 1.82) is 0 Å². The van der Waals surface area contributed by atoms with Gasteiger partial charge in [0, 0.05) is 24.8 Å². The largest absolute Gasteiger partial charge is 0.362 e. The molecule has 1 aromatic rings. The van der Waals surface area contributed by atoms with E-state index in [-0.39, 0.29) is 0 Å². The molecule has 1 amide bonds. The molecule has 0 aromatic heterocycles. The summed E-state index contributed by atoms with van der Waals surface area (Å²) in [5.74, 6) is 1.13. The summed E-state index contributed by atoms with van der Waals surface area (Å²) in [5, 5.41) is 0. The van der Waals surface area contributed by atoms with E-state index in [0.29, 0.717) is 18.5 Å². The number of carbonyl (C=O) groups excluding carboxylic acids is 1. The lowest BCUT2D eigenvalue weighted by Crippen LogP contribution is -2.52. The van der Waals surface area contributed by atoms with Gasteiger partial charge in [-0.3, -0.25) is 4.79 Å². The number of rotatable bonds is 2. The van der Waals surface area contributed by atoms with Crippen molar-refractivity contribution in [3.63, 3.8) is 0 Å². The summed E-state index contributed by atoms with van der Waals surface area (Å²) < 4.78 is 0. The average molecular weight is 312 g/mol. The minimum Gasteiger partial charge on any atom is -0.362 e. The van der Waals surface area contributed by atoms with Crippen LogP contribution in [-0.4, -0.2) is 36.5 Å². The second-order valence-corrected chi connectivity index (χ2v) is 7.50. The van der Waals surface area contributed by atoms with E-state index in [0.717, 1.165) is 31.8 Å². The number of amides is 1. The molecule has 1 saturated heterocycles. The lowest BCUT2D eigenvalue weighted by atomic mass is 9.78. The van der Waals surface area contributed by atoms with E-state index in [1.807, 2.05) is 0 Å². The molecular formula is C20H28N2O. The van der Waals surface area contributed by atoms with Crippen molar-refractivity contribution >= 4 is 11.6 Å². The molecular weight excluding hydrogens is 284 g/mol. The Morgan fingerprint density at radius 2 is 1.83 bits per heavy atom. The van der Waals surface area contributed by atoms with Gasteiger partial charge in [0.05, 0.1) is 6.54 Å². The van der Waals surface area contributed by atoms with Crippen LogP contribution in [0, 0.1) is 5.92 Å². The number of carbonyl (C=O) groups is 1. The molecule has 1 saturated carbocycles. The van der Waals surface area contributed by atoms with Crippen LogP contribution in [0.15, 0.2) is 24.3 Å². The Labute approximate surface area is 139 Å². The van der Waals surface area contributed by atoms with Crippen molar-refractivity contribution in [3.8, 4) is 0 Å². The summed E-state index contributed by atoms with van der Waals surface area (Å²) in [5.41, 5.74) is 2.69. The Kier molecular flexibility index (Phi) is 4.28. The number of benzene rings is 1. The number of fused-ring (bicyclic) bond motifs is 2. The van der Waals surface area contributed by atoms with Crippen molar-refractivity contribution in [3.05, 3.63) is 29.8 Å². The topological polar surface area (TPSA) is 23.6 Å². The van der Waals surface area contributed by atoms with E-state index >= 15 is 0 Å². The van der Waals surface area contributed by atoms with Crippen molar-refractivity contribution in [2.75, 3.05) is 24.5 Å². The fourth-order valence-corrected chi connectivity index (χ4v) is 4.96. The highest BCUT2D eigenvalue weighted by molar-refractivity contribution is 5.82. The molecule has 23 heavy (non-hydrogen) atoms. The molecule has 1 aromatic carbocycles. The quantitative estimate of drug-likeness (QED) is 0.833. The monoisotopic (exact) mass is 312 g/mol. The molecule has 1 aliphatic carbocycles. The van der Waals surface area contributed by atoms with Crippen molar-refractivity contribution in [1.82, 2.24) is 4.90 Å². The van der Waals surface area contributed by atoms with Crippen LogP contribution in [0.25, 0.3) is 0 Å². The fourth-order valence-electron chi connectivity index (χ4n) is 4.96. The lowest BCUT2D eigenvalue weighted by molar-refractivity contribution is -0.136. The molecule has 4 rings (SSSR count). The number of anilines is 1. The number of hydrogen-bond donors (Lipinski definition) is 0. The first kappa shape index (κ1) is 15.0. The molecule has 3 aliphatic rings. The normalized spacial score (nSPS) is 27.3. The van der Waals surface area contributed by atoms with E-state index in [2.05, 4.69) is 34.1 Å². The number of piperidine rings is 1. The molecule has 0 spiro atoms. The molecule has 2 atom stereocenters. The zero-order chi connectivity index (χ0) is 15.6. The first-order valence-electron chi connectivity index (χ1n) is 9.45. The smallest absolute Gasteiger partial charge is 0.242 e. The highest BCUT2D eigenvalue weighted by Gasteiger charge is 2.36. The molecule has 0 radical (unpaired) electrons. The van der Waals surface area contributed by atoms with Gasteiger partial charge in [0.15, 0.2) is 0 Å². The molecule has 124 valence electrons. The average Bonchev–Trinajstić information content (AvgIpc) is 2.61. The maximum absolute atomic E-state index is 13.0. The second-order valence-electron chi connectivity index (χ2n) is 7.50. The Hall–Kier alpha value is -1.51. The molecule has 0 N–H and O–H groups in total. The summed E-state index contributed by atoms with van der Waals surface area (Å²) >= 11 is 0. The van der Waals surface area contributed by atoms with Crippen LogP contribution in [0.3, 0.4) is 0 Å². The van der Waals surface area contributed by atoms with Gasteiger partial charge in [0.1, 0.15) is 0 Å². The Morgan fingerprint density at radius 3 is 2.78 bits per heavy atom. The third kappa shape index (κ3) is 2.98. The van der Waals surface area contributed by atoms with Crippen LogP contribution >= 0.6 is 0 Å². The van der Waals surface area contributed by atoms with Crippen molar-refractivity contribution < 1.29 is 4.79 Å². The summed E-state index contributed by atoms with van der Waals surface area (Å²) in [7, 11) is 0. The minimum atomic E-state index is 0.360. The standard InChI is InChI=1S/C20H28N2O/c23-20(22-14-6-10-17-8-2-4-12-19(17)22)15-21-13-5-9-16-7-1-3-11-18(16)21/h1,3,7,11,17,19H,2,4-6,8-10,12-15H2. The zero-order valence-corrected chi connectivity index (χ0v) is 14.0. The van der Waals surface area contributed by atoms with Gasteiger partial charge in [-0.25, -0.2) is 0 Å². The number of aryl methyl sites for hydroxylation is 1. The number of hydrogen-bond acceptors (Lipinski definition) is 2. The molecule has 3 heteroatoms. The van der Waals surface area contributed by atoms with Crippen LogP contribution in [0.1, 0.15) is 50.5 Å². The zero-order valence-electron chi connectivity index (χ0n) is 14.0. The first-order chi connectivity index (χ1) is 11.3. The first-order valence-corrected chi connectivity index (χ1v) is 9.45. The van der Waals surface area contributed by atoms with E-state index < -0.39 is 0 Å². The maximum atomic E-state index is 13.0. The molecule has 3 nitrogen and oxygen atoms in total. The van der Waals surface area contributed by atoms with Crippen LogP contribution in [0.2, 0.25) is 0 Å². The van der Waals surface area contributed by atoms with Crippen molar-refractivity contribution in [2.24, 2.45) is 5.92 Å². The third-order valence-corrected chi connectivity index (χ3v) is 6.10. The van der Waals surface area contributed by atoms with Gasteiger partial charge >= 0.3 is 0 Å². The number of para-hydroxylation sites is 1. The second kappa shape index (κ2) is 6.54. The predicted molar refractivity (Wildman–Crippen MR) is 93.7 cm³/mol. The third-order valence-electron chi connectivity index (χ3n) is 6.10. The summed E-state index contributed by atoms with van der Waals surface area (Å²) in [4.78, 5) is 17.6. The molecule has 2 heterocycles. The van der Waals surface area contributed by atoms with Crippen molar-refractivity contribution in [2.45, 2.75) is 57.4 Å². The van der Waals surface area contributed by atoms with Gasteiger partial charge in [0.2, 0.25) is 5.91 Å². The summed E-state index contributed by atoms with van der Waals surface area (Å²) in [6, 6.07) is 9.14. The fraction of sp³-hybridized carbons (Fsp3) is 0.650. The molecule has 2 fully saturated rings. The Morgan fingerprint density at radius 1 is 1.00 bits per heavy atom. The summed E-state index contributed by atoms with van der Waals surface area (Å²) in [6.45, 7) is 2.57.